The van der Waals surface area contributed by atoms with Gasteiger partial charge in [0.15, 0.2) is 0 Å². The third-order valence-electron chi connectivity index (χ3n) is 3.40. The van der Waals surface area contributed by atoms with E-state index in [1.807, 2.05) is 19.1 Å². The third-order valence-corrected chi connectivity index (χ3v) is 3.40. The average molecular weight is 318 g/mol. The topological polar surface area (TPSA) is 92.5 Å². The van der Waals surface area contributed by atoms with Crippen LogP contribution >= 0.6 is 0 Å². The van der Waals surface area contributed by atoms with Crippen molar-refractivity contribution in [1.82, 2.24) is 5.32 Å². The van der Waals surface area contributed by atoms with E-state index in [9.17, 15) is 24.4 Å². The summed E-state index contributed by atoms with van der Waals surface area (Å²) in [5, 5.41) is 23.4. The molecule has 0 aliphatic rings. The zero-order valence-corrected chi connectivity index (χ0v) is 12.3. The highest BCUT2D eigenvalue weighted by atomic mass is 19.1. The van der Waals surface area contributed by atoms with Gasteiger partial charge in [-0.15, -0.1) is 0 Å². The molecular weight excluding hydrogens is 303 g/mol. The lowest BCUT2D eigenvalue weighted by atomic mass is 10.0. The molecule has 0 saturated carbocycles. The molecule has 0 heterocycles. The lowest BCUT2D eigenvalue weighted by Gasteiger charge is -2.14. The molecule has 2 rings (SSSR count). The van der Waals surface area contributed by atoms with Crippen molar-refractivity contribution in [1.29, 1.82) is 0 Å². The van der Waals surface area contributed by atoms with Crippen molar-refractivity contribution >= 4 is 11.6 Å². The van der Waals surface area contributed by atoms with Crippen LogP contribution in [0.5, 0.6) is 0 Å². The van der Waals surface area contributed by atoms with Gasteiger partial charge >= 0.3 is 0 Å². The summed E-state index contributed by atoms with van der Waals surface area (Å²) in [5.74, 6) is -1.54. The van der Waals surface area contributed by atoms with Gasteiger partial charge in [-0.25, -0.2) is 4.39 Å². The van der Waals surface area contributed by atoms with Gasteiger partial charge in [0.2, 0.25) is 0 Å². The van der Waals surface area contributed by atoms with Crippen LogP contribution in [0.25, 0.3) is 0 Å². The highest BCUT2D eigenvalue weighted by Crippen LogP contribution is 2.20. The van der Waals surface area contributed by atoms with Crippen molar-refractivity contribution < 1.29 is 19.2 Å². The number of nitrogens with zero attached hydrogens (tertiary/aromatic N) is 1. The van der Waals surface area contributed by atoms with Crippen LogP contribution in [0.4, 0.5) is 10.1 Å². The second kappa shape index (κ2) is 6.97. The highest BCUT2D eigenvalue weighted by molar-refractivity contribution is 5.98. The quantitative estimate of drug-likeness (QED) is 0.654. The number of hydrogen-bond donors (Lipinski definition) is 2. The first-order valence-electron chi connectivity index (χ1n) is 6.86. The maximum absolute atomic E-state index is 13.1. The minimum absolute atomic E-state index is 0.113. The third kappa shape index (κ3) is 3.89. The minimum Gasteiger partial charge on any atom is -0.387 e. The number of carbonyl (C=O) groups is 1. The van der Waals surface area contributed by atoms with E-state index in [2.05, 4.69) is 5.32 Å². The van der Waals surface area contributed by atoms with Crippen LogP contribution in [-0.2, 0) is 0 Å². The molecule has 1 atom stereocenters. The monoisotopic (exact) mass is 318 g/mol. The van der Waals surface area contributed by atoms with Crippen LogP contribution in [0.3, 0.4) is 0 Å². The number of nitro benzene ring substituents is 1. The van der Waals surface area contributed by atoms with Crippen LogP contribution in [0.1, 0.15) is 27.6 Å². The van der Waals surface area contributed by atoms with Gasteiger partial charge in [0.1, 0.15) is 11.4 Å². The fourth-order valence-corrected chi connectivity index (χ4v) is 2.20. The Hall–Kier alpha value is -2.80. The summed E-state index contributed by atoms with van der Waals surface area (Å²) in [6.45, 7) is 1.71. The molecule has 0 aliphatic heterocycles. The van der Waals surface area contributed by atoms with Crippen molar-refractivity contribution in [3.05, 3.63) is 75.1 Å². The largest absolute Gasteiger partial charge is 0.387 e. The molecule has 0 saturated heterocycles. The molecule has 0 radical (unpaired) electrons. The minimum atomic E-state index is -0.945. The van der Waals surface area contributed by atoms with E-state index >= 15 is 0 Å². The summed E-state index contributed by atoms with van der Waals surface area (Å²) in [7, 11) is 0. The Morgan fingerprint density at radius 1 is 1.35 bits per heavy atom. The van der Waals surface area contributed by atoms with Crippen LogP contribution in [0.2, 0.25) is 0 Å². The summed E-state index contributed by atoms with van der Waals surface area (Å²) >= 11 is 0. The van der Waals surface area contributed by atoms with Gasteiger partial charge in [-0.3, -0.25) is 14.9 Å². The van der Waals surface area contributed by atoms with Crippen LogP contribution in [0.15, 0.2) is 42.5 Å². The van der Waals surface area contributed by atoms with E-state index in [1.54, 1.807) is 12.1 Å². The second-order valence-electron chi connectivity index (χ2n) is 5.00. The van der Waals surface area contributed by atoms with Gasteiger partial charge in [-0.2, -0.15) is 0 Å². The second-order valence-corrected chi connectivity index (χ2v) is 5.00. The molecule has 0 bridgehead atoms. The molecular formula is C16H15FN2O4. The number of hydrogen-bond acceptors (Lipinski definition) is 4. The predicted octanol–water partition coefficient (Wildman–Crippen LogP) is 2.51. The molecule has 7 heteroatoms. The Morgan fingerprint density at radius 3 is 2.70 bits per heavy atom. The number of rotatable bonds is 5. The van der Waals surface area contributed by atoms with Gasteiger partial charge in [0.05, 0.1) is 17.1 Å². The van der Waals surface area contributed by atoms with E-state index in [4.69, 9.17) is 0 Å². The SMILES string of the molecule is Cc1ccccc1C(O)CNC(=O)c1ccc(F)cc1[N+](=O)[O-]. The lowest BCUT2D eigenvalue weighted by Crippen LogP contribution is -2.29. The Kier molecular flexibility index (Phi) is 5.02. The molecule has 2 aromatic carbocycles. The number of aryl methyl sites for hydroxylation is 1. The van der Waals surface area contributed by atoms with Crippen LogP contribution in [-0.4, -0.2) is 22.5 Å². The van der Waals surface area contributed by atoms with E-state index < -0.39 is 28.4 Å². The van der Waals surface area contributed by atoms with Crippen LogP contribution in [0, 0.1) is 22.9 Å². The molecule has 6 nitrogen and oxygen atoms in total. The maximum atomic E-state index is 13.1. The zero-order chi connectivity index (χ0) is 17.0. The van der Waals surface area contributed by atoms with Gasteiger partial charge in [0, 0.05) is 6.54 Å². The first-order valence-corrected chi connectivity index (χ1v) is 6.86. The molecule has 0 fully saturated rings. The van der Waals surface area contributed by atoms with Crippen LogP contribution < -0.4 is 5.32 Å². The summed E-state index contributed by atoms with van der Waals surface area (Å²) in [6, 6.07) is 9.84. The number of carbonyl (C=O) groups excluding carboxylic acids is 1. The molecule has 1 unspecified atom stereocenters. The standard InChI is InChI=1S/C16H15FN2O4/c1-10-4-2-3-5-12(10)15(20)9-18-16(21)13-7-6-11(17)8-14(13)19(22)23/h2-8,15,20H,9H2,1H3,(H,18,21). The molecule has 0 aliphatic carbocycles. The highest BCUT2D eigenvalue weighted by Gasteiger charge is 2.21. The van der Waals surface area contributed by atoms with E-state index in [1.165, 1.54) is 0 Å². The molecule has 2 aromatic rings. The fraction of sp³-hybridized carbons (Fsp3) is 0.188. The number of nitro groups is 1. The van der Waals surface area contributed by atoms with Gasteiger partial charge in [-0.05, 0) is 30.2 Å². The Balaban J connectivity index is 2.11. The summed E-state index contributed by atoms with van der Waals surface area (Å²) in [6.07, 6.45) is -0.945. The number of amides is 1. The number of halogens is 1. The van der Waals surface area contributed by atoms with Crippen molar-refractivity contribution in [2.24, 2.45) is 0 Å². The van der Waals surface area contributed by atoms with Gasteiger partial charge in [-0.1, -0.05) is 24.3 Å². The Bertz CT molecular complexity index is 749. The number of aliphatic hydroxyl groups excluding tert-OH is 1. The molecule has 0 spiro atoms. The fourth-order valence-electron chi connectivity index (χ4n) is 2.20. The smallest absolute Gasteiger partial charge is 0.285 e. The van der Waals surface area contributed by atoms with Crippen molar-refractivity contribution in [2.75, 3.05) is 6.54 Å². The normalized spacial score (nSPS) is 11.8. The molecule has 1 amide bonds. The molecule has 23 heavy (non-hydrogen) atoms. The summed E-state index contributed by atoms with van der Waals surface area (Å²) < 4.78 is 13.1. The Labute approximate surface area is 131 Å². The van der Waals surface area contributed by atoms with E-state index in [0.717, 1.165) is 17.7 Å². The number of nitrogens with one attached hydrogen (secondary N) is 1. The number of aliphatic hydroxyl groups is 1. The first kappa shape index (κ1) is 16.6. The van der Waals surface area contributed by atoms with E-state index in [-0.39, 0.29) is 12.1 Å². The Morgan fingerprint density at radius 2 is 2.04 bits per heavy atom. The van der Waals surface area contributed by atoms with Gasteiger partial charge in [0.25, 0.3) is 11.6 Å². The summed E-state index contributed by atoms with van der Waals surface area (Å²) in [5.41, 5.74) is 0.643. The molecule has 2 N–H and O–H groups in total. The predicted molar refractivity (Wildman–Crippen MR) is 81.5 cm³/mol. The van der Waals surface area contributed by atoms with E-state index in [0.29, 0.717) is 11.6 Å². The lowest BCUT2D eigenvalue weighted by molar-refractivity contribution is -0.385. The average Bonchev–Trinajstić information content (AvgIpc) is 2.52. The van der Waals surface area contributed by atoms with Crippen molar-refractivity contribution in [3.8, 4) is 0 Å². The molecule has 0 aromatic heterocycles. The number of benzene rings is 2. The zero-order valence-electron chi connectivity index (χ0n) is 12.3. The summed E-state index contributed by atoms with van der Waals surface area (Å²) in [4.78, 5) is 22.1. The van der Waals surface area contributed by atoms with Crippen molar-refractivity contribution in [2.45, 2.75) is 13.0 Å². The van der Waals surface area contributed by atoms with Crippen molar-refractivity contribution in [3.63, 3.8) is 0 Å². The maximum Gasteiger partial charge on any atom is 0.285 e. The first-order chi connectivity index (χ1) is 10.9. The molecule has 120 valence electrons. The van der Waals surface area contributed by atoms with Gasteiger partial charge < -0.3 is 10.4 Å².